The first-order valence-corrected chi connectivity index (χ1v) is 4.26. The fourth-order valence-corrected chi connectivity index (χ4v) is 1.21. The van der Waals surface area contributed by atoms with Crippen LogP contribution in [0.1, 0.15) is 5.56 Å². The minimum absolute atomic E-state index is 0.0744. The van der Waals surface area contributed by atoms with Gasteiger partial charge < -0.3 is 15.3 Å². The van der Waals surface area contributed by atoms with Crippen molar-refractivity contribution in [1.29, 1.82) is 0 Å². The van der Waals surface area contributed by atoms with Gasteiger partial charge in [-0.15, -0.1) is 0 Å². The molecule has 1 rings (SSSR count). The summed E-state index contributed by atoms with van der Waals surface area (Å²) in [5.74, 6) is -1.40. The van der Waals surface area contributed by atoms with Gasteiger partial charge in [0.25, 0.3) is 0 Å². The highest BCUT2D eigenvalue weighted by molar-refractivity contribution is 6.30. The number of aliphatic hydroxyl groups is 1. The van der Waals surface area contributed by atoms with Crippen LogP contribution in [0.3, 0.4) is 0 Å². The predicted molar refractivity (Wildman–Crippen MR) is 50.5 cm³/mol. The van der Waals surface area contributed by atoms with Gasteiger partial charge in [-0.3, -0.25) is 0 Å². The summed E-state index contributed by atoms with van der Waals surface area (Å²) in [5.41, 5.74) is 0.312. The largest absolute Gasteiger partial charge is 0.508 e. The number of hydrogen-bond donors (Lipinski definition) is 3. The maximum absolute atomic E-state index is 10.3. The summed E-state index contributed by atoms with van der Waals surface area (Å²) in [6, 6.07) is 4.25. The first kappa shape index (κ1) is 10.8. The maximum Gasteiger partial charge on any atom is 0.332 e. The number of hydrogen-bond acceptors (Lipinski definition) is 3. The normalized spacial score (nSPS) is 12.4. The van der Waals surface area contributed by atoms with Crippen LogP contribution in [0.25, 0.3) is 0 Å². The summed E-state index contributed by atoms with van der Waals surface area (Å²) >= 11 is 5.64. The van der Waals surface area contributed by atoms with Gasteiger partial charge in [-0.05, 0) is 23.8 Å². The molecule has 1 aromatic rings. The van der Waals surface area contributed by atoms with Crippen LogP contribution in [0.5, 0.6) is 5.75 Å². The molecule has 0 saturated carbocycles. The molecule has 0 saturated heterocycles. The van der Waals surface area contributed by atoms with Gasteiger partial charge in [0.2, 0.25) is 0 Å². The van der Waals surface area contributed by atoms with Gasteiger partial charge >= 0.3 is 5.97 Å². The Labute approximate surface area is 85.4 Å². The highest BCUT2D eigenvalue weighted by atomic mass is 35.5. The van der Waals surface area contributed by atoms with E-state index < -0.39 is 12.1 Å². The number of carboxylic acids is 1. The zero-order valence-corrected chi connectivity index (χ0v) is 7.90. The predicted octanol–water partition coefficient (Wildman–Crippen LogP) is 1.03. The molecule has 0 bridgehead atoms. The molecule has 0 aliphatic carbocycles. The Balaban J connectivity index is 2.85. The van der Waals surface area contributed by atoms with Gasteiger partial charge in [0.15, 0.2) is 6.10 Å². The number of aromatic hydroxyl groups is 1. The van der Waals surface area contributed by atoms with E-state index in [-0.39, 0.29) is 12.2 Å². The molecule has 0 aromatic heterocycles. The summed E-state index contributed by atoms with van der Waals surface area (Å²) in [5, 5.41) is 27.2. The molecule has 4 nitrogen and oxygen atoms in total. The van der Waals surface area contributed by atoms with Crippen molar-refractivity contribution in [3.8, 4) is 5.75 Å². The SMILES string of the molecule is O=C(O)C(O)Cc1cc(Cl)ccc1O. The first-order chi connectivity index (χ1) is 6.50. The number of halogens is 1. The number of aliphatic carboxylic acids is 1. The molecule has 3 N–H and O–H groups in total. The molecule has 14 heavy (non-hydrogen) atoms. The lowest BCUT2D eigenvalue weighted by atomic mass is 10.1. The second-order valence-electron chi connectivity index (χ2n) is 2.83. The van der Waals surface area contributed by atoms with Crippen molar-refractivity contribution in [3.05, 3.63) is 28.8 Å². The molecule has 0 aliphatic rings. The van der Waals surface area contributed by atoms with Crippen LogP contribution in [-0.4, -0.2) is 27.4 Å². The average Bonchev–Trinajstić information content (AvgIpc) is 2.11. The van der Waals surface area contributed by atoms with E-state index in [1.165, 1.54) is 18.2 Å². The van der Waals surface area contributed by atoms with Crippen LogP contribution in [0.4, 0.5) is 0 Å². The van der Waals surface area contributed by atoms with Crippen LogP contribution in [0.15, 0.2) is 18.2 Å². The van der Waals surface area contributed by atoms with Crippen molar-refractivity contribution in [2.24, 2.45) is 0 Å². The molecular formula is C9H9ClO4. The highest BCUT2D eigenvalue weighted by Crippen LogP contribution is 2.22. The van der Waals surface area contributed by atoms with E-state index in [0.717, 1.165) is 0 Å². The van der Waals surface area contributed by atoms with Gasteiger partial charge in [0, 0.05) is 11.4 Å². The lowest BCUT2D eigenvalue weighted by molar-refractivity contribution is -0.146. The van der Waals surface area contributed by atoms with Crippen molar-refractivity contribution in [1.82, 2.24) is 0 Å². The Morgan fingerprint density at radius 1 is 1.50 bits per heavy atom. The molecule has 76 valence electrons. The number of carboxylic acid groups (broad SMARTS) is 1. The molecular weight excluding hydrogens is 208 g/mol. The maximum atomic E-state index is 10.3. The molecule has 0 fully saturated rings. The van der Waals surface area contributed by atoms with Crippen LogP contribution in [0, 0.1) is 0 Å². The number of aliphatic hydroxyl groups excluding tert-OH is 1. The standard InChI is InChI=1S/C9H9ClO4/c10-6-1-2-7(11)5(3-6)4-8(12)9(13)14/h1-3,8,11-12H,4H2,(H,13,14). The van der Waals surface area contributed by atoms with Crippen molar-refractivity contribution in [3.63, 3.8) is 0 Å². The summed E-state index contributed by atoms with van der Waals surface area (Å²) in [6.07, 6.45) is -1.69. The number of rotatable bonds is 3. The van der Waals surface area contributed by atoms with Gasteiger partial charge in [-0.25, -0.2) is 4.79 Å². The van der Waals surface area contributed by atoms with Gasteiger partial charge in [-0.1, -0.05) is 11.6 Å². The summed E-state index contributed by atoms with van der Waals surface area (Å²) in [4.78, 5) is 10.3. The first-order valence-electron chi connectivity index (χ1n) is 3.89. The molecule has 0 spiro atoms. The summed E-state index contributed by atoms with van der Waals surface area (Å²) in [7, 11) is 0. The third kappa shape index (κ3) is 2.61. The fraction of sp³-hybridized carbons (Fsp3) is 0.222. The third-order valence-electron chi connectivity index (χ3n) is 1.74. The third-order valence-corrected chi connectivity index (χ3v) is 1.97. The second kappa shape index (κ2) is 4.30. The second-order valence-corrected chi connectivity index (χ2v) is 3.27. The number of phenols is 1. The van der Waals surface area contributed by atoms with Gasteiger partial charge in [-0.2, -0.15) is 0 Å². The van der Waals surface area contributed by atoms with E-state index in [4.69, 9.17) is 21.8 Å². The Hall–Kier alpha value is -1.26. The summed E-state index contributed by atoms with van der Waals surface area (Å²) < 4.78 is 0. The average molecular weight is 217 g/mol. The monoisotopic (exact) mass is 216 g/mol. The van der Waals surface area contributed by atoms with Crippen LogP contribution < -0.4 is 0 Å². The molecule has 1 atom stereocenters. The smallest absolute Gasteiger partial charge is 0.332 e. The molecule has 1 aromatic carbocycles. The lowest BCUT2D eigenvalue weighted by Crippen LogP contribution is -2.21. The van der Waals surface area contributed by atoms with Crippen LogP contribution in [0.2, 0.25) is 5.02 Å². The van der Waals surface area contributed by atoms with E-state index in [2.05, 4.69) is 0 Å². The van der Waals surface area contributed by atoms with E-state index in [1.807, 2.05) is 0 Å². The van der Waals surface area contributed by atoms with Gasteiger partial charge in [0.1, 0.15) is 5.75 Å². The topological polar surface area (TPSA) is 77.8 Å². The van der Waals surface area contributed by atoms with Crippen molar-refractivity contribution < 1.29 is 20.1 Å². The highest BCUT2D eigenvalue weighted by Gasteiger charge is 2.15. The van der Waals surface area contributed by atoms with E-state index >= 15 is 0 Å². The molecule has 0 aliphatic heterocycles. The number of benzene rings is 1. The minimum atomic E-state index is -1.53. The van der Waals surface area contributed by atoms with Crippen LogP contribution >= 0.6 is 11.6 Å². The fourth-order valence-electron chi connectivity index (χ4n) is 1.01. The van der Waals surface area contributed by atoms with Crippen LogP contribution in [-0.2, 0) is 11.2 Å². The van der Waals surface area contributed by atoms with E-state index in [9.17, 15) is 9.90 Å². The molecule has 0 amide bonds. The number of carbonyl (C=O) groups is 1. The quantitative estimate of drug-likeness (QED) is 0.705. The zero-order chi connectivity index (χ0) is 10.7. The number of phenolic OH excluding ortho intramolecular Hbond substituents is 1. The summed E-state index contributed by atoms with van der Waals surface area (Å²) in [6.45, 7) is 0. The zero-order valence-electron chi connectivity index (χ0n) is 7.14. The van der Waals surface area contributed by atoms with E-state index in [0.29, 0.717) is 10.6 Å². The van der Waals surface area contributed by atoms with Crippen molar-refractivity contribution in [2.75, 3.05) is 0 Å². The Morgan fingerprint density at radius 2 is 2.14 bits per heavy atom. The molecule has 0 radical (unpaired) electrons. The van der Waals surface area contributed by atoms with Gasteiger partial charge in [0.05, 0.1) is 0 Å². The molecule has 1 unspecified atom stereocenters. The Morgan fingerprint density at radius 3 is 2.71 bits per heavy atom. The lowest BCUT2D eigenvalue weighted by Gasteiger charge is -2.07. The minimum Gasteiger partial charge on any atom is -0.508 e. The van der Waals surface area contributed by atoms with Crippen molar-refractivity contribution >= 4 is 17.6 Å². The van der Waals surface area contributed by atoms with E-state index in [1.54, 1.807) is 0 Å². The molecule has 5 heteroatoms. The van der Waals surface area contributed by atoms with Crippen molar-refractivity contribution in [2.45, 2.75) is 12.5 Å². The molecule has 0 heterocycles. The Kier molecular flexibility index (Phi) is 3.33. The Bertz CT molecular complexity index is 351.